The molecule has 0 aliphatic rings. The van der Waals surface area contributed by atoms with Crippen LogP contribution in [0.2, 0.25) is 0 Å². The third kappa shape index (κ3) is 3.23. The molecule has 4 heteroatoms. The van der Waals surface area contributed by atoms with E-state index in [1.807, 2.05) is 36.4 Å². The number of halogens is 1. The largest absolute Gasteiger partial charge is 0.310 e. The SMILES string of the molecule is N#Cc1cccc(-c2ccc3c(=O)n(Cc4ccccc4F)ccc3c2)c1. The molecule has 3 nitrogen and oxygen atoms in total. The predicted octanol–water partition coefficient (Wildman–Crippen LogP) is 4.73. The van der Waals surface area contributed by atoms with Gasteiger partial charge in [-0.3, -0.25) is 4.79 Å². The third-order valence-corrected chi connectivity index (χ3v) is 4.60. The molecule has 0 aliphatic carbocycles. The van der Waals surface area contributed by atoms with Gasteiger partial charge in [0.1, 0.15) is 5.82 Å². The molecule has 0 saturated carbocycles. The number of pyridine rings is 1. The van der Waals surface area contributed by atoms with Crippen LogP contribution in [-0.2, 0) is 6.54 Å². The van der Waals surface area contributed by atoms with E-state index in [4.69, 9.17) is 5.26 Å². The molecule has 4 aromatic rings. The van der Waals surface area contributed by atoms with Crippen LogP contribution in [0.15, 0.2) is 83.8 Å². The number of aromatic nitrogens is 1. The van der Waals surface area contributed by atoms with Crippen LogP contribution in [0.25, 0.3) is 21.9 Å². The highest BCUT2D eigenvalue weighted by Gasteiger charge is 2.08. The van der Waals surface area contributed by atoms with Crippen LogP contribution in [0.4, 0.5) is 4.39 Å². The Bertz CT molecular complexity index is 1250. The minimum atomic E-state index is -0.322. The Balaban J connectivity index is 1.75. The minimum absolute atomic E-state index is 0.159. The summed E-state index contributed by atoms with van der Waals surface area (Å²) in [7, 11) is 0. The first kappa shape index (κ1) is 16.7. The molecule has 0 unspecified atom stereocenters. The summed E-state index contributed by atoms with van der Waals surface area (Å²) in [6, 6.07) is 23.4. The number of nitriles is 1. The highest BCUT2D eigenvalue weighted by molar-refractivity contribution is 5.86. The van der Waals surface area contributed by atoms with E-state index in [-0.39, 0.29) is 17.9 Å². The Kier molecular flexibility index (Phi) is 4.27. The summed E-state index contributed by atoms with van der Waals surface area (Å²) >= 11 is 0. The fourth-order valence-corrected chi connectivity index (χ4v) is 3.17. The Hall–Kier alpha value is -3.71. The monoisotopic (exact) mass is 354 g/mol. The van der Waals surface area contributed by atoms with E-state index >= 15 is 0 Å². The molecule has 0 aliphatic heterocycles. The van der Waals surface area contributed by atoms with E-state index in [0.717, 1.165) is 16.5 Å². The molecular weight excluding hydrogens is 339 g/mol. The van der Waals surface area contributed by atoms with Crippen LogP contribution in [0.3, 0.4) is 0 Å². The van der Waals surface area contributed by atoms with Crippen molar-refractivity contribution in [2.24, 2.45) is 0 Å². The van der Waals surface area contributed by atoms with E-state index in [2.05, 4.69) is 6.07 Å². The lowest BCUT2D eigenvalue weighted by Gasteiger charge is -2.09. The van der Waals surface area contributed by atoms with Gasteiger partial charge in [-0.1, -0.05) is 36.4 Å². The molecule has 0 spiro atoms. The maximum Gasteiger partial charge on any atom is 0.258 e. The van der Waals surface area contributed by atoms with Crippen molar-refractivity contribution in [2.75, 3.05) is 0 Å². The van der Waals surface area contributed by atoms with Gasteiger partial charge in [0.25, 0.3) is 5.56 Å². The standard InChI is InChI=1S/C23H15FN2O/c24-22-7-2-1-5-20(22)15-26-11-10-19-13-18(8-9-21(19)23(26)27)17-6-3-4-16(12-17)14-25/h1-13H,15H2. The smallest absolute Gasteiger partial charge is 0.258 e. The molecule has 27 heavy (non-hydrogen) atoms. The molecule has 0 bridgehead atoms. The normalized spacial score (nSPS) is 10.7. The molecule has 0 N–H and O–H groups in total. The van der Waals surface area contributed by atoms with Crippen molar-refractivity contribution >= 4 is 10.8 Å². The number of hydrogen-bond acceptors (Lipinski definition) is 2. The van der Waals surface area contributed by atoms with Crippen molar-refractivity contribution in [1.82, 2.24) is 4.57 Å². The number of benzene rings is 3. The molecule has 130 valence electrons. The summed E-state index contributed by atoms with van der Waals surface area (Å²) in [4.78, 5) is 12.8. The molecule has 0 atom stereocenters. The van der Waals surface area contributed by atoms with Crippen molar-refractivity contribution in [3.8, 4) is 17.2 Å². The van der Waals surface area contributed by atoms with E-state index in [9.17, 15) is 9.18 Å². The van der Waals surface area contributed by atoms with Gasteiger partial charge >= 0.3 is 0 Å². The maximum absolute atomic E-state index is 13.9. The first-order valence-electron chi connectivity index (χ1n) is 8.53. The topological polar surface area (TPSA) is 45.8 Å². The Morgan fingerprint density at radius 1 is 0.926 bits per heavy atom. The summed E-state index contributed by atoms with van der Waals surface area (Å²) in [6.07, 6.45) is 1.69. The van der Waals surface area contributed by atoms with Crippen molar-refractivity contribution < 1.29 is 4.39 Å². The van der Waals surface area contributed by atoms with Gasteiger partial charge in [0.2, 0.25) is 0 Å². The molecule has 4 rings (SSSR count). The number of rotatable bonds is 3. The summed E-state index contributed by atoms with van der Waals surface area (Å²) < 4.78 is 15.4. The fraction of sp³-hybridized carbons (Fsp3) is 0.0435. The van der Waals surface area contributed by atoms with Gasteiger partial charge < -0.3 is 4.57 Å². The van der Waals surface area contributed by atoms with Crippen LogP contribution in [-0.4, -0.2) is 4.57 Å². The van der Waals surface area contributed by atoms with Gasteiger partial charge in [-0.05, 0) is 52.9 Å². The predicted molar refractivity (Wildman–Crippen MR) is 104 cm³/mol. The second-order valence-corrected chi connectivity index (χ2v) is 6.33. The Morgan fingerprint density at radius 2 is 1.74 bits per heavy atom. The summed E-state index contributed by atoms with van der Waals surface area (Å²) in [6.45, 7) is 0.188. The highest BCUT2D eigenvalue weighted by Crippen LogP contribution is 2.24. The zero-order valence-corrected chi connectivity index (χ0v) is 14.4. The van der Waals surface area contributed by atoms with Gasteiger partial charge in [-0.15, -0.1) is 0 Å². The average Bonchev–Trinajstić information content (AvgIpc) is 2.71. The second-order valence-electron chi connectivity index (χ2n) is 6.33. The molecular formula is C23H15FN2O. The van der Waals surface area contributed by atoms with Gasteiger partial charge in [-0.2, -0.15) is 5.26 Å². The fourth-order valence-electron chi connectivity index (χ4n) is 3.17. The minimum Gasteiger partial charge on any atom is -0.310 e. The van der Waals surface area contributed by atoms with E-state index in [1.165, 1.54) is 10.6 Å². The molecule has 1 heterocycles. The van der Waals surface area contributed by atoms with Crippen LogP contribution in [0.1, 0.15) is 11.1 Å². The lowest BCUT2D eigenvalue weighted by Crippen LogP contribution is -2.20. The van der Waals surface area contributed by atoms with Crippen LogP contribution >= 0.6 is 0 Å². The lowest BCUT2D eigenvalue weighted by atomic mass is 10.0. The summed E-state index contributed by atoms with van der Waals surface area (Å²) in [5.41, 5.74) is 2.77. The Morgan fingerprint density at radius 3 is 2.56 bits per heavy atom. The van der Waals surface area contributed by atoms with Crippen LogP contribution in [0, 0.1) is 17.1 Å². The molecule has 0 amide bonds. The average molecular weight is 354 g/mol. The van der Waals surface area contributed by atoms with Crippen LogP contribution in [0.5, 0.6) is 0 Å². The summed E-state index contributed by atoms with van der Waals surface area (Å²) in [5, 5.41) is 10.5. The first-order chi connectivity index (χ1) is 13.2. The van der Waals surface area contributed by atoms with E-state index in [1.54, 1.807) is 36.5 Å². The van der Waals surface area contributed by atoms with Crippen molar-refractivity contribution in [3.63, 3.8) is 0 Å². The second kappa shape index (κ2) is 6.89. The molecule has 0 saturated heterocycles. The molecule has 1 aromatic heterocycles. The van der Waals surface area contributed by atoms with Crippen molar-refractivity contribution in [3.05, 3.63) is 106 Å². The van der Waals surface area contributed by atoms with E-state index in [0.29, 0.717) is 16.5 Å². The highest BCUT2D eigenvalue weighted by atomic mass is 19.1. The van der Waals surface area contributed by atoms with Gasteiger partial charge in [0.05, 0.1) is 18.2 Å². The quantitative estimate of drug-likeness (QED) is 0.534. The maximum atomic E-state index is 13.9. The van der Waals surface area contributed by atoms with Gasteiger partial charge in [-0.25, -0.2) is 4.39 Å². The van der Waals surface area contributed by atoms with Crippen molar-refractivity contribution in [1.29, 1.82) is 5.26 Å². The van der Waals surface area contributed by atoms with E-state index < -0.39 is 0 Å². The van der Waals surface area contributed by atoms with Gasteiger partial charge in [0, 0.05) is 17.1 Å². The van der Waals surface area contributed by atoms with Crippen molar-refractivity contribution in [2.45, 2.75) is 6.54 Å². The number of fused-ring (bicyclic) bond motifs is 1. The zero-order chi connectivity index (χ0) is 18.8. The lowest BCUT2D eigenvalue weighted by molar-refractivity contribution is 0.597. The number of nitrogens with zero attached hydrogens (tertiary/aromatic N) is 2. The zero-order valence-electron chi connectivity index (χ0n) is 14.4. The Labute approximate surface area is 155 Å². The third-order valence-electron chi connectivity index (χ3n) is 4.60. The first-order valence-corrected chi connectivity index (χ1v) is 8.53. The van der Waals surface area contributed by atoms with Gasteiger partial charge in [0.15, 0.2) is 0 Å². The molecule has 3 aromatic carbocycles. The number of hydrogen-bond donors (Lipinski definition) is 0. The van der Waals surface area contributed by atoms with Crippen LogP contribution < -0.4 is 5.56 Å². The summed E-state index contributed by atoms with van der Waals surface area (Å²) in [5.74, 6) is -0.322. The molecule has 0 radical (unpaired) electrons. The molecule has 0 fully saturated rings.